The van der Waals surface area contributed by atoms with Gasteiger partial charge in [-0.3, -0.25) is 0 Å². The molecule has 11 heavy (non-hydrogen) atoms. The Labute approximate surface area is 69.8 Å². The summed E-state index contributed by atoms with van der Waals surface area (Å²) in [6.07, 6.45) is 0. The quantitative estimate of drug-likeness (QED) is 0.451. The molecular weight excluding hydrogens is 164 g/mol. The van der Waals surface area contributed by atoms with Gasteiger partial charge in [-0.2, -0.15) is 0 Å². The monoisotopic (exact) mass is 171 g/mol. The molecule has 0 aliphatic rings. The van der Waals surface area contributed by atoms with Crippen LogP contribution >= 0.6 is 11.6 Å². The van der Waals surface area contributed by atoms with Crippen molar-refractivity contribution >= 4 is 24.2 Å². The summed E-state index contributed by atoms with van der Waals surface area (Å²) in [4.78, 5) is 3.84. The molecule has 1 aromatic rings. The molecule has 2 N–H and O–H groups in total. The maximum Gasteiger partial charge on any atom is 0.490 e. The van der Waals surface area contributed by atoms with Gasteiger partial charge in [-0.1, -0.05) is 17.7 Å². The highest BCUT2D eigenvalue weighted by molar-refractivity contribution is 6.59. The predicted molar refractivity (Wildman–Crippen MR) is 43.8 cm³/mol. The Bertz CT molecular complexity index is 267. The molecule has 0 aromatic carbocycles. The predicted octanol–water partition coefficient (Wildman–Crippen LogP) is -0.277. The smallest absolute Gasteiger partial charge is 0.423 e. The summed E-state index contributed by atoms with van der Waals surface area (Å²) >= 11 is 5.55. The lowest BCUT2D eigenvalue weighted by Crippen LogP contribution is -2.32. The molecule has 1 heterocycles. The molecule has 0 saturated carbocycles. The molecule has 58 valence electrons. The van der Waals surface area contributed by atoms with Crippen molar-refractivity contribution in [1.29, 1.82) is 0 Å². The highest BCUT2D eigenvalue weighted by Gasteiger charge is 2.14. The van der Waals surface area contributed by atoms with Crippen LogP contribution in [0.2, 0.25) is 5.15 Å². The zero-order valence-corrected chi connectivity index (χ0v) is 6.71. The average Bonchev–Trinajstić information content (AvgIpc) is 1.85. The van der Waals surface area contributed by atoms with Gasteiger partial charge in [0.15, 0.2) is 0 Å². The average molecular weight is 171 g/mol. The Kier molecular flexibility index (Phi) is 2.49. The minimum Gasteiger partial charge on any atom is -0.423 e. The molecule has 0 aliphatic heterocycles. The van der Waals surface area contributed by atoms with Gasteiger partial charge in [0.1, 0.15) is 5.15 Å². The van der Waals surface area contributed by atoms with E-state index in [1.807, 2.05) is 0 Å². The minimum atomic E-state index is -1.47. The fourth-order valence-electron chi connectivity index (χ4n) is 0.814. The number of nitrogens with zero attached hydrogens (tertiary/aromatic N) is 1. The van der Waals surface area contributed by atoms with Gasteiger partial charge in [-0.15, -0.1) is 0 Å². The van der Waals surface area contributed by atoms with Crippen molar-refractivity contribution in [2.45, 2.75) is 6.92 Å². The van der Waals surface area contributed by atoms with E-state index in [1.54, 1.807) is 6.92 Å². The third-order valence-electron chi connectivity index (χ3n) is 1.37. The molecule has 1 aromatic heterocycles. The van der Waals surface area contributed by atoms with Crippen LogP contribution in [0, 0.1) is 6.92 Å². The van der Waals surface area contributed by atoms with Crippen LogP contribution in [0.5, 0.6) is 0 Å². The number of aromatic nitrogens is 1. The fraction of sp³-hybridized carbons (Fsp3) is 0.167. The topological polar surface area (TPSA) is 53.4 Å². The SMILES string of the molecule is Cc1nc(Cl)ccc1B(O)O. The minimum absolute atomic E-state index is 0.354. The van der Waals surface area contributed by atoms with Crippen LogP contribution in [0.25, 0.3) is 0 Å². The largest absolute Gasteiger partial charge is 0.490 e. The summed E-state index contributed by atoms with van der Waals surface area (Å²) in [5.41, 5.74) is 0.918. The van der Waals surface area contributed by atoms with Crippen LogP contribution in [0.1, 0.15) is 5.69 Å². The van der Waals surface area contributed by atoms with E-state index in [1.165, 1.54) is 12.1 Å². The van der Waals surface area contributed by atoms with Gasteiger partial charge in [0.2, 0.25) is 0 Å². The van der Waals surface area contributed by atoms with E-state index in [0.29, 0.717) is 16.3 Å². The van der Waals surface area contributed by atoms with Gasteiger partial charge in [-0.05, 0) is 13.0 Å². The number of hydrogen-bond acceptors (Lipinski definition) is 3. The van der Waals surface area contributed by atoms with Crippen LogP contribution in [-0.4, -0.2) is 22.2 Å². The Morgan fingerprint density at radius 3 is 2.55 bits per heavy atom. The molecule has 5 heteroatoms. The molecule has 0 bridgehead atoms. The van der Waals surface area contributed by atoms with Gasteiger partial charge >= 0.3 is 7.12 Å². The standard InChI is InChI=1S/C6H7BClNO2/c1-4-5(7(10)11)2-3-6(8)9-4/h2-3,10-11H,1H3. The molecule has 0 atom stereocenters. The first-order chi connectivity index (χ1) is 5.11. The number of hydrogen-bond donors (Lipinski definition) is 2. The maximum atomic E-state index is 8.77. The van der Waals surface area contributed by atoms with Crippen LogP contribution in [0.3, 0.4) is 0 Å². The zero-order valence-electron chi connectivity index (χ0n) is 5.95. The van der Waals surface area contributed by atoms with E-state index < -0.39 is 7.12 Å². The van der Waals surface area contributed by atoms with E-state index in [0.717, 1.165) is 0 Å². The molecule has 0 saturated heterocycles. The molecule has 0 fully saturated rings. The van der Waals surface area contributed by atoms with E-state index in [-0.39, 0.29) is 0 Å². The summed E-state index contributed by atoms with van der Waals surface area (Å²) < 4.78 is 0. The van der Waals surface area contributed by atoms with Crippen LogP contribution in [-0.2, 0) is 0 Å². The molecular formula is C6H7BClNO2. The first kappa shape index (κ1) is 8.52. The molecule has 0 aliphatic carbocycles. The highest BCUT2D eigenvalue weighted by atomic mass is 35.5. The third kappa shape index (κ3) is 1.93. The zero-order chi connectivity index (χ0) is 8.43. The Balaban J connectivity index is 3.09. The molecule has 0 spiro atoms. The second-order valence-corrected chi connectivity index (χ2v) is 2.57. The van der Waals surface area contributed by atoms with Crippen LogP contribution in [0.4, 0.5) is 0 Å². The van der Waals surface area contributed by atoms with E-state index in [4.69, 9.17) is 21.6 Å². The summed E-state index contributed by atoms with van der Waals surface area (Å²) in [6, 6.07) is 3.05. The lowest BCUT2D eigenvalue weighted by molar-refractivity contribution is 0.425. The molecule has 1 rings (SSSR count). The molecule has 0 radical (unpaired) electrons. The van der Waals surface area contributed by atoms with Crippen LogP contribution < -0.4 is 5.46 Å². The first-order valence-electron chi connectivity index (χ1n) is 3.10. The van der Waals surface area contributed by atoms with Crippen molar-refractivity contribution in [1.82, 2.24) is 4.98 Å². The number of aryl methyl sites for hydroxylation is 1. The van der Waals surface area contributed by atoms with E-state index in [2.05, 4.69) is 4.98 Å². The van der Waals surface area contributed by atoms with Gasteiger partial charge in [0.25, 0.3) is 0 Å². The van der Waals surface area contributed by atoms with Crippen molar-refractivity contribution < 1.29 is 10.0 Å². The number of halogens is 1. The van der Waals surface area contributed by atoms with Crippen molar-refractivity contribution in [3.05, 3.63) is 23.0 Å². The lowest BCUT2D eigenvalue weighted by atomic mass is 9.79. The summed E-state index contributed by atoms with van der Waals surface area (Å²) in [7, 11) is -1.47. The van der Waals surface area contributed by atoms with Crippen molar-refractivity contribution in [3.8, 4) is 0 Å². The van der Waals surface area contributed by atoms with E-state index in [9.17, 15) is 0 Å². The summed E-state index contributed by atoms with van der Waals surface area (Å²) in [6.45, 7) is 1.67. The van der Waals surface area contributed by atoms with Crippen LogP contribution in [0.15, 0.2) is 12.1 Å². The fourth-order valence-corrected chi connectivity index (χ4v) is 1.00. The van der Waals surface area contributed by atoms with E-state index >= 15 is 0 Å². The Hall–Kier alpha value is -0.575. The maximum absolute atomic E-state index is 8.77. The van der Waals surface area contributed by atoms with Gasteiger partial charge in [0, 0.05) is 11.2 Å². The second-order valence-electron chi connectivity index (χ2n) is 2.18. The second kappa shape index (κ2) is 3.22. The van der Waals surface area contributed by atoms with Gasteiger partial charge in [0.05, 0.1) is 0 Å². The van der Waals surface area contributed by atoms with Crippen molar-refractivity contribution in [2.75, 3.05) is 0 Å². The number of rotatable bonds is 1. The molecule has 3 nitrogen and oxygen atoms in total. The third-order valence-corrected chi connectivity index (χ3v) is 1.58. The molecule has 0 unspecified atom stereocenters. The highest BCUT2D eigenvalue weighted by Crippen LogP contribution is 2.02. The number of pyridine rings is 1. The summed E-state index contributed by atoms with van der Waals surface area (Å²) in [5, 5.41) is 17.9. The molecule has 0 amide bonds. The van der Waals surface area contributed by atoms with Crippen molar-refractivity contribution in [2.24, 2.45) is 0 Å². The Morgan fingerprint density at radius 2 is 2.09 bits per heavy atom. The van der Waals surface area contributed by atoms with Crippen molar-refractivity contribution in [3.63, 3.8) is 0 Å². The first-order valence-corrected chi connectivity index (χ1v) is 3.48. The lowest BCUT2D eigenvalue weighted by Gasteiger charge is -2.02. The summed E-state index contributed by atoms with van der Waals surface area (Å²) in [5.74, 6) is 0. The van der Waals surface area contributed by atoms with Gasteiger partial charge < -0.3 is 10.0 Å². The normalized spacial score (nSPS) is 9.82. The van der Waals surface area contributed by atoms with Gasteiger partial charge in [-0.25, -0.2) is 4.98 Å². The Morgan fingerprint density at radius 1 is 1.45 bits per heavy atom.